The molecule has 29 heavy (non-hydrogen) atoms. The summed E-state index contributed by atoms with van der Waals surface area (Å²) in [4.78, 5) is 24.3. The smallest absolute Gasteiger partial charge is 0.331 e. The van der Waals surface area contributed by atoms with E-state index in [9.17, 15) is 18.0 Å². The standard InChI is InChI=1S/C19H21BrN2O6S/c1-12-5-8-15(29(25,26)22(3)4)11-16(12)21-19(24)13(2)27-18(23)10-7-14-6-9-17(20)28-14/h5-11,13H,1-4H3,(H,21,24)/b10-7+/t13-/m0/s1. The normalized spacial score (nSPS) is 12.9. The van der Waals surface area contributed by atoms with E-state index in [0.29, 0.717) is 21.7 Å². The Morgan fingerprint density at radius 1 is 1.24 bits per heavy atom. The average Bonchev–Trinajstić information content (AvgIpc) is 3.06. The lowest BCUT2D eigenvalue weighted by Gasteiger charge is -2.16. The van der Waals surface area contributed by atoms with E-state index in [-0.39, 0.29) is 4.90 Å². The van der Waals surface area contributed by atoms with Crippen molar-refractivity contribution < 1.29 is 27.2 Å². The van der Waals surface area contributed by atoms with Crippen LogP contribution in [-0.4, -0.2) is 44.8 Å². The van der Waals surface area contributed by atoms with Gasteiger partial charge in [0, 0.05) is 25.9 Å². The van der Waals surface area contributed by atoms with Gasteiger partial charge in [0.15, 0.2) is 10.8 Å². The van der Waals surface area contributed by atoms with E-state index in [1.807, 2.05) is 0 Å². The van der Waals surface area contributed by atoms with E-state index < -0.39 is 28.0 Å². The van der Waals surface area contributed by atoms with Crippen LogP contribution in [0.3, 0.4) is 0 Å². The molecule has 0 bridgehead atoms. The lowest BCUT2D eigenvalue weighted by atomic mass is 10.2. The molecule has 2 rings (SSSR count). The number of nitrogens with one attached hydrogen (secondary N) is 1. The molecule has 0 radical (unpaired) electrons. The number of amides is 1. The van der Waals surface area contributed by atoms with Gasteiger partial charge in [0.1, 0.15) is 5.76 Å². The van der Waals surface area contributed by atoms with Crippen molar-refractivity contribution in [2.75, 3.05) is 19.4 Å². The zero-order chi connectivity index (χ0) is 21.8. The number of esters is 1. The molecular weight excluding hydrogens is 464 g/mol. The Labute approximate surface area is 177 Å². The highest BCUT2D eigenvalue weighted by atomic mass is 79.9. The SMILES string of the molecule is Cc1ccc(S(=O)(=O)N(C)C)cc1NC(=O)[C@H](C)OC(=O)/C=C/c1ccc(Br)o1. The van der Waals surface area contributed by atoms with Gasteiger partial charge in [-0.2, -0.15) is 0 Å². The third-order valence-corrected chi connectivity index (χ3v) is 6.12. The summed E-state index contributed by atoms with van der Waals surface area (Å²) in [5, 5.41) is 2.60. The van der Waals surface area contributed by atoms with Crippen molar-refractivity contribution in [2.45, 2.75) is 24.8 Å². The summed E-state index contributed by atoms with van der Waals surface area (Å²) in [5.74, 6) is -0.865. The molecule has 1 atom stereocenters. The second kappa shape index (κ2) is 9.38. The van der Waals surface area contributed by atoms with Crippen LogP contribution in [0.2, 0.25) is 0 Å². The molecule has 0 aliphatic rings. The minimum atomic E-state index is -3.65. The molecule has 0 aliphatic heterocycles. The van der Waals surface area contributed by atoms with Crippen LogP contribution < -0.4 is 5.32 Å². The van der Waals surface area contributed by atoms with Gasteiger partial charge in [0.25, 0.3) is 5.91 Å². The molecule has 1 aromatic heterocycles. The molecule has 1 amide bonds. The minimum Gasteiger partial charge on any atom is -0.450 e. The highest BCUT2D eigenvalue weighted by Crippen LogP contribution is 2.22. The van der Waals surface area contributed by atoms with E-state index in [4.69, 9.17) is 9.15 Å². The summed E-state index contributed by atoms with van der Waals surface area (Å²) in [7, 11) is -0.807. The maximum atomic E-state index is 12.4. The second-order valence-electron chi connectivity index (χ2n) is 6.31. The van der Waals surface area contributed by atoms with Crippen LogP contribution in [0.25, 0.3) is 6.08 Å². The number of carbonyl (C=O) groups is 2. The molecule has 8 nitrogen and oxygen atoms in total. The van der Waals surface area contributed by atoms with E-state index in [1.165, 1.54) is 39.2 Å². The summed E-state index contributed by atoms with van der Waals surface area (Å²) in [6.07, 6.45) is 1.46. The van der Waals surface area contributed by atoms with Crippen molar-refractivity contribution in [1.29, 1.82) is 0 Å². The maximum Gasteiger partial charge on any atom is 0.331 e. The van der Waals surface area contributed by atoms with Crippen LogP contribution in [0.1, 0.15) is 18.2 Å². The topological polar surface area (TPSA) is 106 Å². The van der Waals surface area contributed by atoms with Crippen LogP contribution in [0.5, 0.6) is 0 Å². The minimum absolute atomic E-state index is 0.0422. The molecule has 0 spiro atoms. The first-order chi connectivity index (χ1) is 13.5. The first kappa shape index (κ1) is 22.9. The zero-order valence-electron chi connectivity index (χ0n) is 16.3. The summed E-state index contributed by atoms with van der Waals surface area (Å²) < 4.78 is 36.4. The van der Waals surface area contributed by atoms with Gasteiger partial charge < -0.3 is 14.5 Å². The number of benzene rings is 1. The Morgan fingerprint density at radius 3 is 2.52 bits per heavy atom. The number of hydrogen-bond donors (Lipinski definition) is 1. The fourth-order valence-corrected chi connectivity index (χ4v) is 3.42. The number of nitrogens with zero attached hydrogens (tertiary/aromatic N) is 1. The number of carbonyl (C=O) groups excluding carboxylic acids is 2. The van der Waals surface area contributed by atoms with Gasteiger partial charge in [-0.3, -0.25) is 4.79 Å². The van der Waals surface area contributed by atoms with Gasteiger partial charge in [-0.15, -0.1) is 0 Å². The Morgan fingerprint density at radius 2 is 1.93 bits per heavy atom. The Kier molecular flexibility index (Phi) is 7.39. The van der Waals surface area contributed by atoms with E-state index in [1.54, 1.807) is 25.1 Å². The highest BCUT2D eigenvalue weighted by Gasteiger charge is 2.21. The summed E-state index contributed by atoms with van der Waals surface area (Å²) in [6, 6.07) is 7.75. The second-order valence-corrected chi connectivity index (χ2v) is 9.24. The number of halogens is 1. The van der Waals surface area contributed by atoms with Crippen molar-refractivity contribution in [3.8, 4) is 0 Å². The average molecular weight is 485 g/mol. The van der Waals surface area contributed by atoms with Crippen LogP contribution in [0, 0.1) is 6.92 Å². The molecule has 1 aromatic carbocycles. The molecule has 1 N–H and O–H groups in total. The molecule has 0 fully saturated rings. The van der Waals surface area contributed by atoms with Crippen molar-refractivity contribution in [2.24, 2.45) is 0 Å². The predicted molar refractivity (Wildman–Crippen MR) is 112 cm³/mol. The van der Waals surface area contributed by atoms with Crippen molar-refractivity contribution in [1.82, 2.24) is 4.31 Å². The van der Waals surface area contributed by atoms with E-state index in [2.05, 4.69) is 21.2 Å². The van der Waals surface area contributed by atoms with Crippen LogP contribution >= 0.6 is 15.9 Å². The van der Waals surface area contributed by atoms with Crippen LogP contribution in [0.15, 0.2) is 50.4 Å². The maximum absolute atomic E-state index is 12.4. The number of ether oxygens (including phenoxy) is 1. The predicted octanol–water partition coefficient (Wildman–Crippen LogP) is 3.18. The van der Waals surface area contributed by atoms with Gasteiger partial charge in [-0.1, -0.05) is 6.07 Å². The van der Waals surface area contributed by atoms with Crippen molar-refractivity contribution in [3.63, 3.8) is 0 Å². The van der Waals surface area contributed by atoms with Gasteiger partial charge >= 0.3 is 5.97 Å². The zero-order valence-corrected chi connectivity index (χ0v) is 18.7. The first-order valence-corrected chi connectivity index (χ1v) is 10.7. The highest BCUT2D eigenvalue weighted by molar-refractivity contribution is 9.10. The molecule has 156 valence electrons. The molecule has 0 saturated heterocycles. The summed E-state index contributed by atoms with van der Waals surface area (Å²) in [6.45, 7) is 3.14. The lowest BCUT2D eigenvalue weighted by molar-refractivity contribution is -0.148. The fraction of sp³-hybridized carbons (Fsp3) is 0.263. The number of anilines is 1. The Hall–Kier alpha value is -2.43. The van der Waals surface area contributed by atoms with Gasteiger partial charge in [-0.25, -0.2) is 17.5 Å². The fourth-order valence-electron chi connectivity index (χ4n) is 2.18. The van der Waals surface area contributed by atoms with Crippen LogP contribution in [-0.2, 0) is 24.3 Å². The third kappa shape index (κ3) is 6.02. The van der Waals surface area contributed by atoms with E-state index >= 15 is 0 Å². The van der Waals surface area contributed by atoms with Gasteiger partial charge in [-0.05, 0) is 65.7 Å². The Bertz CT molecular complexity index is 1040. The Balaban J connectivity index is 2.05. The molecule has 0 aliphatic carbocycles. The van der Waals surface area contributed by atoms with Crippen molar-refractivity contribution in [3.05, 3.63) is 52.4 Å². The molecule has 0 saturated carbocycles. The number of sulfonamides is 1. The van der Waals surface area contributed by atoms with Crippen LogP contribution in [0.4, 0.5) is 5.69 Å². The van der Waals surface area contributed by atoms with E-state index in [0.717, 1.165) is 10.4 Å². The van der Waals surface area contributed by atoms with Crippen molar-refractivity contribution >= 4 is 49.6 Å². The summed E-state index contributed by atoms with van der Waals surface area (Å²) >= 11 is 3.15. The lowest BCUT2D eigenvalue weighted by Crippen LogP contribution is -2.30. The molecule has 2 aromatic rings. The van der Waals surface area contributed by atoms with Gasteiger partial charge in [0.2, 0.25) is 10.0 Å². The molecule has 10 heteroatoms. The quantitative estimate of drug-likeness (QED) is 0.477. The van der Waals surface area contributed by atoms with Gasteiger partial charge in [0.05, 0.1) is 4.90 Å². The number of hydrogen-bond acceptors (Lipinski definition) is 6. The number of furan rings is 1. The molecule has 1 heterocycles. The molecule has 0 unspecified atom stereocenters. The number of aryl methyl sites for hydroxylation is 1. The summed E-state index contributed by atoms with van der Waals surface area (Å²) in [5.41, 5.74) is 0.981. The number of rotatable bonds is 7. The largest absolute Gasteiger partial charge is 0.450 e. The third-order valence-electron chi connectivity index (χ3n) is 3.89. The molecular formula is C19H21BrN2O6S. The monoisotopic (exact) mass is 484 g/mol. The first-order valence-electron chi connectivity index (χ1n) is 8.49.